The summed E-state index contributed by atoms with van der Waals surface area (Å²) in [5, 5.41) is 0. The van der Waals surface area contributed by atoms with Crippen molar-refractivity contribution in [2.75, 3.05) is 24.5 Å². The predicted octanol–water partition coefficient (Wildman–Crippen LogP) is 2.15. The van der Waals surface area contributed by atoms with Crippen molar-refractivity contribution < 1.29 is 4.79 Å². The summed E-state index contributed by atoms with van der Waals surface area (Å²) in [4.78, 5) is 29.8. The fourth-order valence-corrected chi connectivity index (χ4v) is 4.00. The minimum Gasteiger partial charge on any atom is -0.338 e. The van der Waals surface area contributed by atoms with E-state index in [0.29, 0.717) is 0 Å². The molecule has 124 valence electrons. The molecule has 0 N–H and O–H groups in total. The van der Waals surface area contributed by atoms with Gasteiger partial charge in [0.2, 0.25) is 5.95 Å². The van der Waals surface area contributed by atoms with Crippen LogP contribution in [-0.2, 0) is 0 Å². The summed E-state index contributed by atoms with van der Waals surface area (Å²) in [6.45, 7) is 2.57. The van der Waals surface area contributed by atoms with Crippen LogP contribution in [0.25, 0.3) is 0 Å². The Balaban J connectivity index is 1.48. The van der Waals surface area contributed by atoms with Crippen molar-refractivity contribution in [1.29, 1.82) is 0 Å². The van der Waals surface area contributed by atoms with Crippen LogP contribution in [0.3, 0.4) is 0 Å². The maximum absolute atomic E-state index is 12.6. The monoisotopic (exact) mass is 323 g/mol. The fourth-order valence-electron chi connectivity index (χ4n) is 4.00. The number of pyridine rings is 1. The number of nitrogens with zero attached hydrogens (tertiary/aromatic N) is 5. The summed E-state index contributed by atoms with van der Waals surface area (Å²) in [6, 6.07) is 5.42. The van der Waals surface area contributed by atoms with Gasteiger partial charge in [0.15, 0.2) is 0 Å². The molecule has 24 heavy (non-hydrogen) atoms. The number of hydrogen-bond acceptors (Lipinski definition) is 5. The third-order valence-electron chi connectivity index (χ3n) is 5.30. The number of carbonyl (C=O) groups is 1. The van der Waals surface area contributed by atoms with Crippen molar-refractivity contribution >= 4 is 11.9 Å². The number of amides is 1. The summed E-state index contributed by atoms with van der Waals surface area (Å²) < 4.78 is 0. The lowest BCUT2D eigenvalue weighted by Gasteiger charge is -2.45. The van der Waals surface area contributed by atoms with Gasteiger partial charge in [0.25, 0.3) is 5.91 Å². The van der Waals surface area contributed by atoms with E-state index in [4.69, 9.17) is 0 Å². The largest absolute Gasteiger partial charge is 0.338 e. The lowest BCUT2D eigenvalue weighted by Crippen LogP contribution is -2.53. The second kappa shape index (κ2) is 6.19. The van der Waals surface area contributed by atoms with E-state index in [-0.39, 0.29) is 11.4 Å². The minimum atomic E-state index is 0.104. The molecule has 6 heteroatoms. The molecule has 2 aliphatic rings. The van der Waals surface area contributed by atoms with Crippen molar-refractivity contribution in [3.8, 4) is 0 Å². The van der Waals surface area contributed by atoms with Crippen LogP contribution in [-0.4, -0.2) is 50.9 Å². The molecule has 0 radical (unpaired) electrons. The van der Waals surface area contributed by atoms with E-state index in [1.54, 1.807) is 36.9 Å². The van der Waals surface area contributed by atoms with Crippen molar-refractivity contribution in [2.45, 2.75) is 31.2 Å². The molecular formula is C18H21N5O. The average Bonchev–Trinajstić information content (AvgIpc) is 3.06. The summed E-state index contributed by atoms with van der Waals surface area (Å²) in [6.07, 6.45) is 11.2. The molecule has 0 bridgehead atoms. The molecule has 0 saturated carbocycles. The molecule has 0 aromatic carbocycles. The van der Waals surface area contributed by atoms with E-state index >= 15 is 0 Å². The van der Waals surface area contributed by atoms with Gasteiger partial charge in [0, 0.05) is 55.5 Å². The van der Waals surface area contributed by atoms with Gasteiger partial charge in [-0.15, -0.1) is 0 Å². The molecule has 6 nitrogen and oxygen atoms in total. The highest BCUT2D eigenvalue weighted by atomic mass is 16.2. The van der Waals surface area contributed by atoms with Gasteiger partial charge in [0.05, 0.1) is 0 Å². The van der Waals surface area contributed by atoms with Crippen LogP contribution in [0.5, 0.6) is 0 Å². The molecule has 2 fully saturated rings. The lowest BCUT2D eigenvalue weighted by atomic mass is 9.85. The number of anilines is 1. The molecule has 2 saturated heterocycles. The lowest BCUT2D eigenvalue weighted by molar-refractivity contribution is 0.0672. The van der Waals surface area contributed by atoms with E-state index in [2.05, 4.69) is 19.9 Å². The first kappa shape index (κ1) is 15.1. The second-order valence-corrected chi connectivity index (χ2v) is 6.56. The Morgan fingerprint density at radius 2 is 1.67 bits per heavy atom. The number of carbonyl (C=O) groups excluding carboxylic acids is 1. The van der Waals surface area contributed by atoms with Crippen molar-refractivity contribution in [3.63, 3.8) is 0 Å². The Labute approximate surface area is 141 Å². The molecule has 1 spiro atoms. The van der Waals surface area contributed by atoms with Crippen molar-refractivity contribution in [2.24, 2.45) is 0 Å². The minimum absolute atomic E-state index is 0.104. The highest BCUT2D eigenvalue weighted by Crippen LogP contribution is 2.40. The maximum Gasteiger partial charge on any atom is 0.253 e. The SMILES string of the molecule is O=C(c1ccncc1)N1CCC2(CCCN2c2ncccn2)CC1. The Morgan fingerprint density at radius 3 is 2.38 bits per heavy atom. The standard InChI is InChI=1S/C18H21N5O/c24-16(15-3-10-19-11-4-15)22-13-6-18(7-14-22)5-1-12-23(18)17-20-8-2-9-21-17/h2-4,8-11H,1,5-7,12-14H2. The van der Waals surface area contributed by atoms with E-state index in [1.807, 2.05) is 11.0 Å². The van der Waals surface area contributed by atoms with Crippen molar-refractivity contribution in [1.82, 2.24) is 19.9 Å². The van der Waals surface area contributed by atoms with Gasteiger partial charge in [-0.05, 0) is 43.9 Å². The van der Waals surface area contributed by atoms with E-state index < -0.39 is 0 Å². The number of hydrogen-bond donors (Lipinski definition) is 0. The zero-order chi connectivity index (χ0) is 16.4. The maximum atomic E-state index is 12.6. The molecule has 2 aromatic heterocycles. The van der Waals surface area contributed by atoms with Crippen molar-refractivity contribution in [3.05, 3.63) is 48.5 Å². The number of rotatable bonds is 2. The first-order chi connectivity index (χ1) is 11.8. The van der Waals surface area contributed by atoms with Gasteiger partial charge in [0.1, 0.15) is 0 Å². The van der Waals surface area contributed by atoms with Gasteiger partial charge in [-0.25, -0.2) is 9.97 Å². The zero-order valence-corrected chi connectivity index (χ0v) is 13.6. The molecule has 2 aliphatic heterocycles. The van der Waals surface area contributed by atoms with Gasteiger partial charge in [-0.3, -0.25) is 9.78 Å². The molecule has 2 aromatic rings. The predicted molar refractivity (Wildman–Crippen MR) is 90.7 cm³/mol. The number of likely N-dealkylation sites (tertiary alicyclic amines) is 1. The van der Waals surface area contributed by atoms with Crippen LogP contribution in [0.4, 0.5) is 5.95 Å². The number of piperidine rings is 1. The third-order valence-corrected chi connectivity index (χ3v) is 5.30. The number of aromatic nitrogens is 3. The average molecular weight is 323 g/mol. The third kappa shape index (κ3) is 2.62. The molecule has 0 unspecified atom stereocenters. The molecule has 4 rings (SSSR count). The Kier molecular flexibility index (Phi) is 3.88. The fraction of sp³-hybridized carbons (Fsp3) is 0.444. The Morgan fingerprint density at radius 1 is 0.958 bits per heavy atom. The summed E-state index contributed by atoms with van der Waals surface area (Å²) in [7, 11) is 0. The molecule has 1 amide bonds. The van der Waals surface area contributed by atoms with E-state index in [1.165, 1.54) is 0 Å². The molecule has 4 heterocycles. The van der Waals surface area contributed by atoms with E-state index in [0.717, 1.165) is 56.8 Å². The van der Waals surface area contributed by atoms with E-state index in [9.17, 15) is 4.79 Å². The first-order valence-corrected chi connectivity index (χ1v) is 8.52. The molecule has 0 atom stereocenters. The van der Waals surface area contributed by atoms with Crippen LogP contribution < -0.4 is 4.90 Å². The van der Waals surface area contributed by atoms with Gasteiger partial charge < -0.3 is 9.80 Å². The Bertz CT molecular complexity index is 698. The smallest absolute Gasteiger partial charge is 0.253 e. The summed E-state index contributed by atoms with van der Waals surface area (Å²) in [5.41, 5.74) is 0.826. The Hall–Kier alpha value is -2.50. The van der Waals surface area contributed by atoms with Gasteiger partial charge in [-0.2, -0.15) is 0 Å². The van der Waals surface area contributed by atoms with Crippen LogP contribution >= 0.6 is 0 Å². The zero-order valence-electron chi connectivity index (χ0n) is 13.6. The van der Waals surface area contributed by atoms with Crippen LogP contribution in [0.15, 0.2) is 43.0 Å². The summed E-state index contributed by atoms with van der Waals surface area (Å²) in [5.74, 6) is 0.927. The van der Waals surface area contributed by atoms with Gasteiger partial charge in [-0.1, -0.05) is 0 Å². The van der Waals surface area contributed by atoms with Crippen LogP contribution in [0.1, 0.15) is 36.0 Å². The normalized spacial score (nSPS) is 19.7. The molecule has 0 aliphatic carbocycles. The van der Waals surface area contributed by atoms with Gasteiger partial charge >= 0.3 is 0 Å². The highest BCUT2D eigenvalue weighted by Gasteiger charge is 2.44. The topological polar surface area (TPSA) is 62.2 Å². The first-order valence-electron chi connectivity index (χ1n) is 8.52. The van der Waals surface area contributed by atoms with Crippen LogP contribution in [0, 0.1) is 0 Å². The summed E-state index contributed by atoms with van der Waals surface area (Å²) >= 11 is 0. The van der Waals surface area contributed by atoms with Crippen LogP contribution in [0.2, 0.25) is 0 Å². The quantitative estimate of drug-likeness (QED) is 0.847. The second-order valence-electron chi connectivity index (χ2n) is 6.56. The molecular weight excluding hydrogens is 302 g/mol. The highest BCUT2D eigenvalue weighted by molar-refractivity contribution is 5.94.